The number of amides is 1. The van der Waals surface area contributed by atoms with Crippen LogP contribution in [-0.4, -0.2) is 25.0 Å². The topological polar surface area (TPSA) is 41.1 Å². The van der Waals surface area contributed by atoms with Crippen LogP contribution in [0.2, 0.25) is 10.0 Å². The lowest BCUT2D eigenvalue weighted by Gasteiger charge is -2.19. The number of carbonyl (C=O) groups is 1. The highest BCUT2D eigenvalue weighted by molar-refractivity contribution is 6.38. The van der Waals surface area contributed by atoms with Crippen molar-refractivity contribution in [2.45, 2.75) is 45.1 Å². The third kappa shape index (κ3) is 3.71. The number of halogens is 2. The first-order valence-electron chi connectivity index (χ1n) is 7.57. The fourth-order valence-electron chi connectivity index (χ4n) is 2.78. The second-order valence-corrected chi connectivity index (χ2v) is 6.28. The molecule has 0 spiro atoms. The van der Waals surface area contributed by atoms with E-state index in [2.05, 4.69) is 24.5 Å². The maximum atomic E-state index is 12.4. The quantitative estimate of drug-likeness (QED) is 0.858. The number of rotatable bonds is 5. The van der Waals surface area contributed by atoms with Crippen LogP contribution in [0.5, 0.6) is 0 Å². The summed E-state index contributed by atoms with van der Waals surface area (Å²) >= 11 is 12.8. The van der Waals surface area contributed by atoms with Gasteiger partial charge in [0, 0.05) is 23.5 Å². The maximum Gasteiger partial charge on any atom is 0.253 e. The summed E-state index contributed by atoms with van der Waals surface area (Å²) in [4.78, 5) is 12.4. The fraction of sp³-hybridized carbons (Fsp3) is 0.562. The Kier molecular flexibility index (Phi) is 5.91. The van der Waals surface area contributed by atoms with E-state index in [4.69, 9.17) is 23.2 Å². The zero-order valence-corrected chi connectivity index (χ0v) is 14.0. The monoisotopic (exact) mass is 328 g/mol. The molecule has 1 unspecified atom stereocenters. The summed E-state index contributed by atoms with van der Waals surface area (Å²) in [5.41, 5.74) is 1.43. The Bertz CT molecular complexity index is 509. The van der Waals surface area contributed by atoms with Crippen LogP contribution >= 0.6 is 23.2 Å². The Morgan fingerprint density at radius 3 is 2.67 bits per heavy atom. The molecule has 1 fully saturated rings. The Morgan fingerprint density at radius 2 is 2.10 bits per heavy atom. The van der Waals surface area contributed by atoms with E-state index in [1.165, 1.54) is 0 Å². The van der Waals surface area contributed by atoms with Crippen LogP contribution < -0.4 is 10.6 Å². The molecule has 1 aliphatic heterocycles. The number of hydrogen-bond acceptors (Lipinski definition) is 2. The third-order valence-electron chi connectivity index (χ3n) is 4.16. The van der Waals surface area contributed by atoms with Crippen molar-refractivity contribution in [3.8, 4) is 0 Å². The maximum absolute atomic E-state index is 12.4. The minimum atomic E-state index is -0.113. The molecule has 116 valence electrons. The third-order valence-corrected chi connectivity index (χ3v) is 4.90. The molecule has 0 radical (unpaired) electrons. The zero-order valence-electron chi connectivity index (χ0n) is 12.5. The van der Waals surface area contributed by atoms with E-state index in [1.807, 2.05) is 0 Å². The summed E-state index contributed by atoms with van der Waals surface area (Å²) in [5.74, 6) is 0.170. The van der Waals surface area contributed by atoms with E-state index in [1.54, 1.807) is 12.1 Å². The van der Waals surface area contributed by atoms with E-state index in [9.17, 15) is 4.79 Å². The van der Waals surface area contributed by atoms with Gasteiger partial charge in [-0.05, 0) is 43.5 Å². The van der Waals surface area contributed by atoms with E-state index < -0.39 is 0 Å². The molecule has 0 bridgehead atoms. The number of nitrogens with one attached hydrogen (secondary N) is 2. The van der Waals surface area contributed by atoms with Gasteiger partial charge in [0.05, 0.1) is 10.6 Å². The van der Waals surface area contributed by atoms with Crippen molar-refractivity contribution in [3.05, 3.63) is 33.3 Å². The molecular weight excluding hydrogens is 307 g/mol. The van der Waals surface area contributed by atoms with Crippen molar-refractivity contribution in [2.75, 3.05) is 13.1 Å². The molecule has 21 heavy (non-hydrogen) atoms. The highest BCUT2D eigenvalue weighted by Crippen LogP contribution is 2.36. The van der Waals surface area contributed by atoms with Crippen molar-refractivity contribution in [1.82, 2.24) is 10.6 Å². The molecule has 0 saturated carbocycles. The van der Waals surface area contributed by atoms with Crippen molar-refractivity contribution < 1.29 is 4.79 Å². The lowest BCUT2D eigenvalue weighted by Crippen LogP contribution is -2.34. The summed E-state index contributed by atoms with van der Waals surface area (Å²) in [5, 5.41) is 7.48. The molecule has 3 nitrogen and oxygen atoms in total. The lowest BCUT2D eigenvalue weighted by atomic mass is 9.96. The Hall–Kier alpha value is -0.770. The van der Waals surface area contributed by atoms with Crippen molar-refractivity contribution in [1.29, 1.82) is 0 Å². The van der Waals surface area contributed by atoms with Crippen LogP contribution in [0.25, 0.3) is 0 Å². The summed E-state index contributed by atoms with van der Waals surface area (Å²) in [6.07, 6.45) is 2.82. The van der Waals surface area contributed by atoms with Gasteiger partial charge in [0.2, 0.25) is 0 Å². The molecule has 0 aliphatic carbocycles. The van der Waals surface area contributed by atoms with Crippen molar-refractivity contribution >= 4 is 29.1 Å². The van der Waals surface area contributed by atoms with Crippen LogP contribution in [0.1, 0.15) is 54.9 Å². The summed E-state index contributed by atoms with van der Waals surface area (Å²) in [6.45, 7) is 5.94. The molecule has 1 heterocycles. The van der Waals surface area contributed by atoms with Gasteiger partial charge in [0.15, 0.2) is 0 Å². The highest BCUT2D eigenvalue weighted by atomic mass is 35.5. The predicted molar refractivity (Wildman–Crippen MR) is 88.5 cm³/mol. The van der Waals surface area contributed by atoms with Gasteiger partial charge in [-0.1, -0.05) is 37.0 Å². The highest BCUT2D eigenvalue weighted by Gasteiger charge is 2.25. The van der Waals surface area contributed by atoms with Gasteiger partial charge in [-0.3, -0.25) is 4.79 Å². The van der Waals surface area contributed by atoms with E-state index >= 15 is 0 Å². The van der Waals surface area contributed by atoms with Crippen molar-refractivity contribution in [3.63, 3.8) is 0 Å². The minimum absolute atomic E-state index is 0.113. The first kappa shape index (κ1) is 16.6. The zero-order chi connectivity index (χ0) is 15.4. The number of benzene rings is 1. The van der Waals surface area contributed by atoms with E-state index in [0.29, 0.717) is 15.6 Å². The summed E-state index contributed by atoms with van der Waals surface area (Å²) in [7, 11) is 0. The van der Waals surface area contributed by atoms with Crippen LogP contribution in [0.3, 0.4) is 0 Å². The molecule has 1 amide bonds. The van der Waals surface area contributed by atoms with Gasteiger partial charge < -0.3 is 10.6 Å². The molecule has 1 atom stereocenters. The lowest BCUT2D eigenvalue weighted by molar-refractivity contribution is 0.0935. The van der Waals surface area contributed by atoms with Crippen LogP contribution in [0, 0.1) is 0 Å². The van der Waals surface area contributed by atoms with Crippen LogP contribution in [0.4, 0.5) is 0 Å². The van der Waals surface area contributed by atoms with Gasteiger partial charge in [0.1, 0.15) is 0 Å². The molecule has 1 aliphatic rings. The molecular formula is C16H22Cl2N2O. The summed E-state index contributed by atoms with van der Waals surface area (Å²) in [6, 6.07) is 3.68. The second-order valence-electron chi connectivity index (χ2n) is 5.50. The predicted octanol–water partition coefficient (Wildman–Crippen LogP) is 3.99. The standard InChI is InChI=1S/C16H22Cl2N2O/c1-3-11(4-2)20-16(21)12-5-6-13(17)14(15(12)18)10-7-8-19-9-10/h5-6,10-11,19H,3-4,7-9H2,1-2H3,(H,20,21). The molecule has 5 heteroatoms. The average Bonchev–Trinajstić information content (AvgIpc) is 2.98. The fourth-order valence-corrected chi connectivity index (χ4v) is 3.54. The number of hydrogen-bond donors (Lipinski definition) is 2. The SMILES string of the molecule is CCC(CC)NC(=O)c1ccc(Cl)c(C2CCNC2)c1Cl. The smallest absolute Gasteiger partial charge is 0.253 e. The molecule has 1 aromatic rings. The molecule has 1 aromatic carbocycles. The Morgan fingerprint density at radius 1 is 1.38 bits per heavy atom. The summed E-state index contributed by atoms with van der Waals surface area (Å²) < 4.78 is 0. The van der Waals surface area contributed by atoms with E-state index in [0.717, 1.165) is 37.9 Å². The van der Waals surface area contributed by atoms with Crippen LogP contribution in [0.15, 0.2) is 12.1 Å². The molecule has 1 saturated heterocycles. The number of carbonyl (C=O) groups excluding carboxylic acids is 1. The van der Waals surface area contributed by atoms with Gasteiger partial charge in [0.25, 0.3) is 5.91 Å². The largest absolute Gasteiger partial charge is 0.349 e. The normalized spacial score (nSPS) is 18.2. The first-order chi connectivity index (χ1) is 10.1. The van der Waals surface area contributed by atoms with Crippen molar-refractivity contribution in [2.24, 2.45) is 0 Å². The molecule has 2 N–H and O–H groups in total. The molecule has 2 rings (SSSR count). The van der Waals surface area contributed by atoms with Crippen LogP contribution in [-0.2, 0) is 0 Å². The second kappa shape index (κ2) is 7.48. The van der Waals surface area contributed by atoms with E-state index in [-0.39, 0.29) is 17.9 Å². The van der Waals surface area contributed by atoms with Gasteiger partial charge in [-0.15, -0.1) is 0 Å². The average molecular weight is 329 g/mol. The minimum Gasteiger partial charge on any atom is -0.349 e. The Balaban J connectivity index is 2.28. The molecule has 0 aromatic heterocycles. The van der Waals surface area contributed by atoms with Gasteiger partial charge >= 0.3 is 0 Å². The van der Waals surface area contributed by atoms with Gasteiger partial charge in [-0.2, -0.15) is 0 Å². The Labute approximate surface area is 136 Å². The first-order valence-corrected chi connectivity index (χ1v) is 8.33. The van der Waals surface area contributed by atoms with Gasteiger partial charge in [-0.25, -0.2) is 0 Å².